The predicted octanol–water partition coefficient (Wildman–Crippen LogP) is 0.597. The third kappa shape index (κ3) is 2.15. The van der Waals surface area contributed by atoms with Gasteiger partial charge in [0.25, 0.3) is 0 Å². The monoisotopic (exact) mass is 208 g/mol. The zero-order valence-corrected chi connectivity index (χ0v) is 8.81. The number of nitrogens with zero attached hydrogens (tertiary/aromatic N) is 1. The summed E-state index contributed by atoms with van der Waals surface area (Å²) in [5, 5.41) is 9.41. The van der Waals surface area contributed by atoms with Crippen LogP contribution >= 0.6 is 0 Å². The first-order valence-electron chi connectivity index (χ1n) is 4.98. The molecule has 4 heteroatoms. The molecule has 0 fully saturated rings. The van der Waals surface area contributed by atoms with Crippen molar-refractivity contribution in [3.05, 3.63) is 30.1 Å². The van der Waals surface area contributed by atoms with Crippen LogP contribution in [-0.4, -0.2) is 22.6 Å². The highest BCUT2D eigenvalue weighted by atomic mass is 16.3. The normalized spacial score (nSPS) is 14.5. The molecule has 0 aromatic carbocycles. The summed E-state index contributed by atoms with van der Waals surface area (Å²) in [6, 6.07) is 3.44. The summed E-state index contributed by atoms with van der Waals surface area (Å²) < 4.78 is 0. The number of rotatable bonds is 5. The number of carbonyl (C=O) groups excluding carboxylic acids is 1. The molecule has 82 valence electrons. The van der Waals surface area contributed by atoms with Gasteiger partial charge in [-0.15, -0.1) is 0 Å². The van der Waals surface area contributed by atoms with Crippen LogP contribution < -0.4 is 5.73 Å². The maximum atomic E-state index is 11.5. The first-order valence-corrected chi connectivity index (χ1v) is 4.98. The molecular formula is C11H16N2O2. The van der Waals surface area contributed by atoms with Crippen molar-refractivity contribution in [1.82, 2.24) is 4.98 Å². The van der Waals surface area contributed by atoms with E-state index in [1.807, 2.05) is 6.92 Å². The standard InChI is InChI=1S/C11H16N2O2/c1-2-5-11(8-14,10(12)15)9-3-6-13-7-4-9/h3-4,6-7,14H,2,5,8H2,1H3,(H2,12,15). The Bertz CT molecular complexity index is 327. The molecule has 1 unspecified atom stereocenters. The molecule has 0 aliphatic carbocycles. The van der Waals surface area contributed by atoms with Crippen LogP contribution in [-0.2, 0) is 10.2 Å². The zero-order valence-electron chi connectivity index (χ0n) is 8.81. The highest BCUT2D eigenvalue weighted by Crippen LogP contribution is 2.28. The number of hydrogen-bond acceptors (Lipinski definition) is 3. The number of hydrogen-bond donors (Lipinski definition) is 2. The summed E-state index contributed by atoms with van der Waals surface area (Å²) in [5.74, 6) is -0.488. The lowest BCUT2D eigenvalue weighted by atomic mass is 9.77. The molecule has 15 heavy (non-hydrogen) atoms. The molecule has 1 aromatic rings. The molecule has 0 saturated carbocycles. The van der Waals surface area contributed by atoms with E-state index in [4.69, 9.17) is 5.73 Å². The van der Waals surface area contributed by atoms with Crippen molar-refractivity contribution in [3.63, 3.8) is 0 Å². The number of aromatic nitrogens is 1. The summed E-state index contributed by atoms with van der Waals surface area (Å²) in [5.41, 5.74) is 5.15. The third-order valence-corrected chi connectivity index (χ3v) is 2.65. The van der Waals surface area contributed by atoms with Crippen molar-refractivity contribution >= 4 is 5.91 Å². The molecule has 3 N–H and O–H groups in total. The Hall–Kier alpha value is -1.42. The van der Waals surface area contributed by atoms with Crippen LogP contribution in [0.2, 0.25) is 0 Å². The fourth-order valence-electron chi connectivity index (χ4n) is 1.76. The summed E-state index contributed by atoms with van der Waals surface area (Å²) >= 11 is 0. The van der Waals surface area contributed by atoms with Crippen LogP contribution in [0.3, 0.4) is 0 Å². The fraction of sp³-hybridized carbons (Fsp3) is 0.455. The number of aliphatic hydroxyl groups is 1. The van der Waals surface area contributed by atoms with Gasteiger partial charge in [-0.25, -0.2) is 0 Å². The second kappa shape index (κ2) is 4.89. The van der Waals surface area contributed by atoms with E-state index in [0.29, 0.717) is 6.42 Å². The number of primary amides is 1. The average Bonchev–Trinajstić information content (AvgIpc) is 2.26. The largest absolute Gasteiger partial charge is 0.395 e. The van der Waals surface area contributed by atoms with E-state index in [1.54, 1.807) is 24.5 Å². The Morgan fingerprint density at radius 2 is 2.13 bits per heavy atom. The maximum Gasteiger partial charge on any atom is 0.230 e. The molecule has 1 aromatic heterocycles. The summed E-state index contributed by atoms with van der Waals surface area (Å²) in [7, 11) is 0. The molecule has 1 amide bonds. The van der Waals surface area contributed by atoms with Gasteiger partial charge in [0.15, 0.2) is 0 Å². The molecule has 1 atom stereocenters. The minimum atomic E-state index is -0.961. The van der Waals surface area contributed by atoms with Gasteiger partial charge in [-0.2, -0.15) is 0 Å². The minimum Gasteiger partial charge on any atom is -0.395 e. The third-order valence-electron chi connectivity index (χ3n) is 2.65. The van der Waals surface area contributed by atoms with E-state index in [1.165, 1.54) is 0 Å². The fourth-order valence-corrected chi connectivity index (χ4v) is 1.76. The lowest BCUT2D eigenvalue weighted by Gasteiger charge is -2.28. The van der Waals surface area contributed by atoms with Crippen molar-refractivity contribution in [2.24, 2.45) is 5.73 Å². The van der Waals surface area contributed by atoms with E-state index in [2.05, 4.69) is 4.98 Å². The zero-order chi connectivity index (χ0) is 11.3. The molecule has 0 aliphatic rings. The van der Waals surface area contributed by atoms with E-state index in [9.17, 15) is 9.90 Å². The molecule has 0 saturated heterocycles. The Kier molecular flexibility index (Phi) is 3.80. The van der Waals surface area contributed by atoms with Gasteiger partial charge in [-0.3, -0.25) is 9.78 Å². The number of carbonyl (C=O) groups is 1. The van der Waals surface area contributed by atoms with Gasteiger partial charge < -0.3 is 10.8 Å². The average molecular weight is 208 g/mol. The molecule has 4 nitrogen and oxygen atoms in total. The van der Waals surface area contributed by atoms with E-state index in [0.717, 1.165) is 12.0 Å². The molecule has 0 bridgehead atoms. The van der Waals surface area contributed by atoms with Crippen molar-refractivity contribution in [1.29, 1.82) is 0 Å². The predicted molar refractivity (Wildman–Crippen MR) is 57.1 cm³/mol. The second-order valence-electron chi connectivity index (χ2n) is 3.59. The van der Waals surface area contributed by atoms with Crippen molar-refractivity contribution in [3.8, 4) is 0 Å². The van der Waals surface area contributed by atoms with Gasteiger partial charge in [-0.1, -0.05) is 13.3 Å². The van der Waals surface area contributed by atoms with Crippen LogP contribution in [0.4, 0.5) is 0 Å². The van der Waals surface area contributed by atoms with Gasteiger partial charge in [0, 0.05) is 12.4 Å². The molecule has 0 radical (unpaired) electrons. The Morgan fingerprint density at radius 1 is 1.53 bits per heavy atom. The summed E-state index contributed by atoms with van der Waals surface area (Å²) in [6.45, 7) is 1.69. The SMILES string of the molecule is CCCC(CO)(C(N)=O)c1ccncc1. The Morgan fingerprint density at radius 3 is 2.53 bits per heavy atom. The van der Waals surface area contributed by atoms with Gasteiger partial charge in [0.05, 0.1) is 12.0 Å². The van der Waals surface area contributed by atoms with Gasteiger partial charge in [0.2, 0.25) is 5.91 Å². The number of pyridine rings is 1. The quantitative estimate of drug-likeness (QED) is 0.743. The first-order chi connectivity index (χ1) is 7.17. The van der Waals surface area contributed by atoms with Crippen LogP contribution in [0.15, 0.2) is 24.5 Å². The smallest absolute Gasteiger partial charge is 0.230 e. The number of nitrogens with two attached hydrogens (primary N) is 1. The number of amides is 1. The Balaban J connectivity index is 3.15. The van der Waals surface area contributed by atoms with Crippen LogP contribution in [0.25, 0.3) is 0 Å². The highest BCUT2D eigenvalue weighted by Gasteiger charge is 2.36. The van der Waals surface area contributed by atoms with Crippen molar-refractivity contribution in [2.75, 3.05) is 6.61 Å². The molecule has 1 rings (SSSR count). The topological polar surface area (TPSA) is 76.2 Å². The number of aliphatic hydroxyl groups excluding tert-OH is 1. The Labute approximate surface area is 89.1 Å². The lowest BCUT2D eigenvalue weighted by Crippen LogP contribution is -2.44. The van der Waals surface area contributed by atoms with Crippen LogP contribution in [0.5, 0.6) is 0 Å². The van der Waals surface area contributed by atoms with E-state index < -0.39 is 11.3 Å². The highest BCUT2D eigenvalue weighted by molar-refractivity contribution is 5.86. The molecule has 1 heterocycles. The molecule has 0 aliphatic heterocycles. The van der Waals surface area contributed by atoms with E-state index in [-0.39, 0.29) is 6.61 Å². The van der Waals surface area contributed by atoms with E-state index >= 15 is 0 Å². The van der Waals surface area contributed by atoms with Crippen molar-refractivity contribution < 1.29 is 9.90 Å². The molecular weight excluding hydrogens is 192 g/mol. The van der Waals surface area contributed by atoms with Gasteiger partial charge in [-0.05, 0) is 24.1 Å². The molecule has 0 spiro atoms. The van der Waals surface area contributed by atoms with Gasteiger partial charge in [0.1, 0.15) is 0 Å². The van der Waals surface area contributed by atoms with Crippen molar-refractivity contribution in [2.45, 2.75) is 25.2 Å². The minimum absolute atomic E-state index is 0.264. The second-order valence-corrected chi connectivity index (χ2v) is 3.59. The van der Waals surface area contributed by atoms with Crippen LogP contribution in [0, 0.1) is 0 Å². The summed E-state index contributed by atoms with van der Waals surface area (Å²) in [6.07, 6.45) is 4.52. The first kappa shape index (κ1) is 11.7. The van der Waals surface area contributed by atoms with Crippen LogP contribution in [0.1, 0.15) is 25.3 Å². The summed E-state index contributed by atoms with van der Waals surface area (Å²) in [4.78, 5) is 15.4. The van der Waals surface area contributed by atoms with Gasteiger partial charge >= 0.3 is 0 Å². The lowest BCUT2D eigenvalue weighted by molar-refractivity contribution is -0.125. The maximum absolute atomic E-state index is 11.5.